The molecular formula is C18H26ClN5O2. The van der Waals surface area contributed by atoms with E-state index in [9.17, 15) is 4.79 Å². The molecule has 1 saturated carbocycles. The van der Waals surface area contributed by atoms with Crippen molar-refractivity contribution in [1.82, 2.24) is 20.5 Å². The van der Waals surface area contributed by atoms with Crippen LogP contribution >= 0.6 is 12.4 Å². The van der Waals surface area contributed by atoms with Gasteiger partial charge in [0.05, 0.1) is 19.6 Å². The van der Waals surface area contributed by atoms with Crippen LogP contribution < -0.4 is 15.8 Å². The maximum Gasteiger partial charge on any atom is 0.225 e. The number of nitrogens with two attached hydrogens (primary N) is 1. The minimum Gasteiger partial charge on any atom is -0.497 e. The fraction of sp³-hybridized carbons (Fsp3) is 0.500. The molecule has 7 nitrogen and oxygen atoms in total. The molecule has 1 aliphatic rings. The molecule has 2 aromatic rings. The van der Waals surface area contributed by atoms with E-state index in [0.29, 0.717) is 18.2 Å². The van der Waals surface area contributed by atoms with Gasteiger partial charge < -0.3 is 15.8 Å². The second-order valence-corrected chi connectivity index (χ2v) is 6.86. The average molecular weight is 380 g/mol. The van der Waals surface area contributed by atoms with Crippen molar-refractivity contribution in [2.24, 2.45) is 11.7 Å². The molecule has 0 bridgehead atoms. The Balaban J connectivity index is 0.00000243. The molecule has 0 radical (unpaired) electrons. The van der Waals surface area contributed by atoms with Gasteiger partial charge in [0.25, 0.3) is 0 Å². The lowest BCUT2D eigenvalue weighted by atomic mass is 9.74. The molecule has 0 spiro atoms. The van der Waals surface area contributed by atoms with Gasteiger partial charge in [0.2, 0.25) is 5.91 Å². The summed E-state index contributed by atoms with van der Waals surface area (Å²) >= 11 is 0. The topological polar surface area (TPSA) is 106 Å². The Labute approximate surface area is 159 Å². The number of hydrogen-bond acceptors (Lipinski definition) is 5. The van der Waals surface area contributed by atoms with Crippen molar-refractivity contribution in [3.8, 4) is 17.1 Å². The van der Waals surface area contributed by atoms with Gasteiger partial charge in [-0.25, -0.2) is 4.98 Å². The van der Waals surface area contributed by atoms with Crippen LogP contribution in [0.15, 0.2) is 24.3 Å². The van der Waals surface area contributed by atoms with E-state index in [1.54, 1.807) is 7.11 Å². The van der Waals surface area contributed by atoms with Gasteiger partial charge in [-0.15, -0.1) is 12.4 Å². The van der Waals surface area contributed by atoms with E-state index in [2.05, 4.69) is 20.5 Å². The third-order valence-electron chi connectivity index (χ3n) is 4.88. The van der Waals surface area contributed by atoms with E-state index in [4.69, 9.17) is 10.5 Å². The SMILES string of the molecule is COc1ccc(-c2n[nH]c(CNC(=O)C3CCCCC3(C)N)n2)cc1.Cl. The van der Waals surface area contributed by atoms with Crippen molar-refractivity contribution in [3.63, 3.8) is 0 Å². The van der Waals surface area contributed by atoms with Crippen LogP contribution in [-0.4, -0.2) is 33.7 Å². The fourth-order valence-electron chi connectivity index (χ4n) is 3.33. The Morgan fingerprint density at radius 1 is 1.38 bits per heavy atom. The highest BCUT2D eigenvalue weighted by Crippen LogP contribution is 2.31. The first-order chi connectivity index (χ1) is 12.0. The number of aromatic amines is 1. The number of nitrogens with one attached hydrogen (secondary N) is 2. The van der Waals surface area contributed by atoms with E-state index in [-0.39, 0.29) is 24.2 Å². The zero-order valence-corrected chi connectivity index (χ0v) is 15.9. The standard InChI is InChI=1S/C18H25N5O2.ClH/c1-18(19)10-4-3-5-14(18)17(24)20-11-15-21-16(23-22-15)12-6-8-13(25-2)9-7-12;/h6-9,14H,3-5,10-11,19H2,1-2H3,(H,20,24)(H,21,22,23);1H. The van der Waals surface area contributed by atoms with Crippen LogP contribution in [0.25, 0.3) is 11.4 Å². The Hall–Kier alpha value is -2.12. The predicted molar refractivity (Wildman–Crippen MR) is 102 cm³/mol. The Bertz CT molecular complexity index is 729. The van der Waals surface area contributed by atoms with Crippen LogP contribution in [0.2, 0.25) is 0 Å². The molecule has 26 heavy (non-hydrogen) atoms. The van der Waals surface area contributed by atoms with Crippen LogP contribution in [-0.2, 0) is 11.3 Å². The number of methoxy groups -OCH3 is 1. The molecule has 4 N–H and O–H groups in total. The average Bonchev–Trinajstić information content (AvgIpc) is 3.08. The van der Waals surface area contributed by atoms with Gasteiger partial charge in [0, 0.05) is 11.1 Å². The summed E-state index contributed by atoms with van der Waals surface area (Å²) in [6.45, 7) is 2.28. The first kappa shape index (κ1) is 20.2. The maximum absolute atomic E-state index is 12.5. The number of carbonyl (C=O) groups excluding carboxylic acids is 1. The van der Waals surface area contributed by atoms with Crippen molar-refractivity contribution in [2.45, 2.75) is 44.7 Å². The normalized spacial score (nSPS) is 22.3. The lowest BCUT2D eigenvalue weighted by molar-refractivity contribution is -0.128. The summed E-state index contributed by atoms with van der Waals surface area (Å²) in [6, 6.07) is 7.51. The number of benzene rings is 1. The van der Waals surface area contributed by atoms with Crippen LogP contribution in [0.3, 0.4) is 0 Å². The van der Waals surface area contributed by atoms with Gasteiger partial charge in [-0.2, -0.15) is 5.10 Å². The van der Waals surface area contributed by atoms with Gasteiger partial charge in [-0.3, -0.25) is 9.89 Å². The molecule has 1 aromatic carbocycles. The molecule has 2 atom stereocenters. The van der Waals surface area contributed by atoms with E-state index < -0.39 is 5.54 Å². The largest absolute Gasteiger partial charge is 0.497 e. The fourth-order valence-corrected chi connectivity index (χ4v) is 3.33. The Morgan fingerprint density at radius 3 is 2.77 bits per heavy atom. The first-order valence-corrected chi connectivity index (χ1v) is 8.62. The highest BCUT2D eigenvalue weighted by Gasteiger charge is 2.37. The van der Waals surface area contributed by atoms with Gasteiger partial charge >= 0.3 is 0 Å². The van der Waals surface area contributed by atoms with Gasteiger partial charge in [-0.05, 0) is 44.0 Å². The van der Waals surface area contributed by atoms with E-state index in [0.717, 1.165) is 37.0 Å². The van der Waals surface area contributed by atoms with Gasteiger partial charge in [0.15, 0.2) is 5.82 Å². The zero-order chi connectivity index (χ0) is 17.9. The molecular weight excluding hydrogens is 354 g/mol. The summed E-state index contributed by atoms with van der Waals surface area (Å²) in [5, 5.41) is 10.0. The maximum atomic E-state index is 12.5. The Kier molecular flexibility index (Phi) is 6.61. The summed E-state index contributed by atoms with van der Waals surface area (Å²) in [6.07, 6.45) is 3.86. The quantitative estimate of drug-likeness (QED) is 0.739. The Morgan fingerprint density at radius 2 is 2.12 bits per heavy atom. The molecule has 0 aliphatic heterocycles. The molecule has 142 valence electrons. The van der Waals surface area contributed by atoms with Crippen LogP contribution in [0, 0.1) is 5.92 Å². The molecule has 1 fully saturated rings. The minimum absolute atomic E-state index is 0. The number of carbonyl (C=O) groups is 1. The molecule has 1 heterocycles. The van der Waals surface area contributed by atoms with Crippen LogP contribution in [0.5, 0.6) is 5.75 Å². The number of ether oxygens (including phenoxy) is 1. The molecule has 8 heteroatoms. The van der Waals surface area contributed by atoms with E-state index in [1.165, 1.54) is 0 Å². The van der Waals surface area contributed by atoms with E-state index in [1.807, 2.05) is 31.2 Å². The third kappa shape index (κ3) is 4.53. The van der Waals surface area contributed by atoms with Crippen LogP contribution in [0.4, 0.5) is 0 Å². The number of halogens is 1. The van der Waals surface area contributed by atoms with E-state index >= 15 is 0 Å². The van der Waals surface area contributed by atoms with Crippen molar-refractivity contribution in [1.29, 1.82) is 0 Å². The molecule has 3 rings (SSSR count). The van der Waals surface area contributed by atoms with Gasteiger partial charge in [0.1, 0.15) is 11.6 Å². The number of aromatic nitrogens is 3. The number of H-pyrrole nitrogens is 1. The summed E-state index contributed by atoms with van der Waals surface area (Å²) in [5.41, 5.74) is 6.74. The number of rotatable bonds is 5. The highest BCUT2D eigenvalue weighted by molar-refractivity contribution is 5.85. The van der Waals surface area contributed by atoms with Crippen molar-refractivity contribution < 1.29 is 9.53 Å². The summed E-state index contributed by atoms with van der Waals surface area (Å²) in [7, 11) is 1.63. The highest BCUT2D eigenvalue weighted by atomic mass is 35.5. The van der Waals surface area contributed by atoms with Crippen molar-refractivity contribution in [3.05, 3.63) is 30.1 Å². The molecule has 0 saturated heterocycles. The molecule has 1 amide bonds. The third-order valence-corrected chi connectivity index (χ3v) is 4.88. The van der Waals surface area contributed by atoms with Gasteiger partial charge in [-0.1, -0.05) is 12.8 Å². The summed E-state index contributed by atoms with van der Waals surface area (Å²) in [4.78, 5) is 16.9. The lowest BCUT2D eigenvalue weighted by Crippen LogP contribution is -2.52. The predicted octanol–water partition coefficient (Wildman–Crippen LogP) is 2.43. The second kappa shape index (κ2) is 8.51. The van der Waals surface area contributed by atoms with Crippen LogP contribution in [0.1, 0.15) is 38.4 Å². The first-order valence-electron chi connectivity index (χ1n) is 8.62. The molecule has 1 aliphatic carbocycles. The van der Waals surface area contributed by atoms with Crippen molar-refractivity contribution in [2.75, 3.05) is 7.11 Å². The zero-order valence-electron chi connectivity index (χ0n) is 15.1. The summed E-state index contributed by atoms with van der Waals surface area (Å²) in [5.74, 6) is 1.84. The smallest absolute Gasteiger partial charge is 0.225 e. The number of nitrogens with zero attached hydrogens (tertiary/aromatic N) is 2. The molecule has 1 aromatic heterocycles. The summed E-state index contributed by atoms with van der Waals surface area (Å²) < 4.78 is 5.14. The number of amides is 1. The molecule has 2 unspecified atom stereocenters. The lowest BCUT2D eigenvalue weighted by Gasteiger charge is -2.37. The second-order valence-electron chi connectivity index (χ2n) is 6.86. The monoisotopic (exact) mass is 379 g/mol. The van der Waals surface area contributed by atoms with Crippen molar-refractivity contribution >= 4 is 18.3 Å². The number of hydrogen-bond donors (Lipinski definition) is 3. The minimum atomic E-state index is -0.433.